The first kappa shape index (κ1) is 13.3. The highest BCUT2D eigenvalue weighted by Gasteiger charge is 2.51. The summed E-state index contributed by atoms with van der Waals surface area (Å²) in [5, 5.41) is 10.3. The van der Waals surface area contributed by atoms with Gasteiger partial charge in [0.2, 0.25) is 0 Å². The molecule has 0 bridgehead atoms. The molecule has 2 saturated carbocycles. The van der Waals surface area contributed by atoms with Crippen LogP contribution in [0, 0.1) is 5.92 Å². The molecule has 2 aliphatic carbocycles. The molecule has 0 amide bonds. The molecule has 100 valence electrons. The van der Waals surface area contributed by atoms with Crippen LogP contribution in [-0.4, -0.2) is 30.6 Å². The van der Waals surface area contributed by atoms with E-state index in [2.05, 4.69) is 0 Å². The summed E-state index contributed by atoms with van der Waals surface area (Å²) in [4.78, 5) is 0. The maximum Gasteiger partial charge on any atom is 0.153 e. The lowest BCUT2D eigenvalue weighted by Crippen LogP contribution is -2.48. The molecule has 0 spiro atoms. The Labute approximate surface area is 105 Å². The Bertz CT molecular complexity index is 355. The molecular formula is C13H24O3S. The van der Waals surface area contributed by atoms with E-state index in [1.807, 2.05) is 0 Å². The number of hydrogen-bond donors (Lipinski definition) is 1. The van der Waals surface area contributed by atoms with Crippen LogP contribution < -0.4 is 0 Å². The topological polar surface area (TPSA) is 54.4 Å². The molecule has 0 aromatic rings. The monoisotopic (exact) mass is 260 g/mol. The highest BCUT2D eigenvalue weighted by Crippen LogP contribution is 2.44. The summed E-state index contributed by atoms with van der Waals surface area (Å²) in [6.45, 7) is 0. The largest absolute Gasteiger partial charge is 0.388 e. The predicted octanol–water partition coefficient (Wildman–Crippen LogP) is 2.29. The van der Waals surface area contributed by atoms with Gasteiger partial charge in [0.25, 0.3) is 0 Å². The van der Waals surface area contributed by atoms with E-state index in [0.717, 1.165) is 32.1 Å². The van der Waals surface area contributed by atoms with Crippen molar-refractivity contribution in [3.8, 4) is 0 Å². The van der Waals surface area contributed by atoms with Gasteiger partial charge in [-0.2, -0.15) is 0 Å². The minimum absolute atomic E-state index is 0.201. The molecule has 2 unspecified atom stereocenters. The van der Waals surface area contributed by atoms with Crippen molar-refractivity contribution in [2.75, 3.05) is 6.26 Å². The van der Waals surface area contributed by atoms with Gasteiger partial charge in [-0.15, -0.1) is 0 Å². The molecule has 2 fully saturated rings. The summed E-state index contributed by atoms with van der Waals surface area (Å²) < 4.78 is 23.6. The third kappa shape index (κ3) is 2.68. The molecule has 1 N–H and O–H groups in total. The average Bonchev–Trinajstić information content (AvgIpc) is 2.51. The van der Waals surface area contributed by atoms with Crippen molar-refractivity contribution in [3.63, 3.8) is 0 Å². The molecule has 0 aromatic carbocycles. The zero-order chi connectivity index (χ0) is 12.5. The summed E-state index contributed by atoms with van der Waals surface area (Å²) >= 11 is 0. The van der Waals surface area contributed by atoms with E-state index < -0.39 is 20.7 Å². The molecule has 0 saturated heterocycles. The van der Waals surface area contributed by atoms with Gasteiger partial charge in [-0.1, -0.05) is 25.7 Å². The van der Waals surface area contributed by atoms with Crippen molar-refractivity contribution in [3.05, 3.63) is 0 Å². The third-order valence-electron chi connectivity index (χ3n) is 4.68. The van der Waals surface area contributed by atoms with Crippen molar-refractivity contribution in [1.29, 1.82) is 0 Å². The molecule has 17 heavy (non-hydrogen) atoms. The quantitative estimate of drug-likeness (QED) is 0.775. The molecule has 2 aliphatic rings. The van der Waals surface area contributed by atoms with E-state index in [0.29, 0.717) is 12.8 Å². The number of aliphatic hydroxyl groups is 1. The Morgan fingerprint density at radius 3 is 2.12 bits per heavy atom. The predicted molar refractivity (Wildman–Crippen MR) is 68.6 cm³/mol. The molecule has 0 radical (unpaired) electrons. The standard InChI is InChI=1S/C13H24O3S/c1-17(15,16)12-9-6-10-13(12,14)11-7-4-2-3-5-8-11/h11-12,14H,2-10H2,1H3. The maximum absolute atomic E-state index is 11.8. The second-order valence-electron chi connectivity index (χ2n) is 5.89. The van der Waals surface area contributed by atoms with Crippen LogP contribution in [0.15, 0.2) is 0 Å². The van der Waals surface area contributed by atoms with Crippen LogP contribution in [0.2, 0.25) is 0 Å². The van der Waals surface area contributed by atoms with E-state index in [-0.39, 0.29) is 5.92 Å². The highest BCUT2D eigenvalue weighted by atomic mass is 32.2. The van der Waals surface area contributed by atoms with Gasteiger partial charge in [-0.05, 0) is 38.0 Å². The minimum Gasteiger partial charge on any atom is -0.388 e. The zero-order valence-electron chi connectivity index (χ0n) is 10.7. The Morgan fingerprint density at radius 2 is 1.59 bits per heavy atom. The summed E-state index contributed by atoms with van der Waals surface area (Å²) in [6.07, 6.45) is 10.2. The normalized spacial score (nSPS) is 36.9. The molecule has 4 heteroatoms. The van der Waals surface area contributed by atoms with Crippen LogP contribution in [-0.2, 0) is 9.84 Å². The third-order valence-corrected chi connectivity index (χ3v) is 6.36. The Balaban J connectivity index is 2.20. The number of rotatable bonds is 2. The first-order chi connectivity index (χ1) is 7.94. The summed E-state index contributed by atoms with van der Waals surface area (Å²) in [6, 6.07) is 0. The maximum atomic E-state index is 11.8. The molecular weight excluding hydrogens is 236 g/mol. The van der Waals surface area contributed by atoms with Crippen LogP contribution in [0.3, 0.4) is 0 Å². The minimum atomic E-state index is -3.12. The fourth-order valence-electron chi connectivity index (χ4n) is 3.81. The number of hydrogen-bond acceptors (Lipinski definition) is 3. The van der Waals surface area contributed by atoms with Crippen molar-refractivity contribution >= 4 is 9.84 Å². The summed E-state index contributed by atoms with van der Waals surface area (Å²) in [5.74, 6) is 0.201. The fraction of sp³-hybridized carbons (Fsp3) is 1.00. The molecule has 0 aliphatic heterocycles. The van der Waals surface area contributed by atoms with E-state index in [9.17, 15) is 13.5 Å². The van der Waals surface area contributed by atoms with E-state index in [1.54, 1.807) is 0 Å². The van der Waals surface area contributed by atoms with Crippen LogP contribution >= 0.6 is 0 Å². The average molecular weight is 260 g/mol. The van der Waals surface area contributed by atoms with Crippen LogP contribution in [0.25, 0.3) is 0 Å². The van der Waals surface area contributed by atoms with Gasteiger partial charge in [-0.25, -0.2) is 8.42 Å². The Morgan fingerprint density at radius 1 is 1.00 bits per heavy atom. The first-order valence-corrected chi connectivity index (χ1v) is 8.81. The lowest BCUT2D eigenvalue weighted by molar-refractivity contribution is -0.0153. The lowest BCUT2D eigenvalue weighted by Gasteiger charge is -2.36. The van der Waals surface area contributed by atoms with Gasteiger partial charge < -0.3 is 5.11 Å². The first-order valence-electron chi connectivity index (χ1n) is 6.86. The molecule has 2 rings (SSSR count). The molecule has 0 heterocycles. The highest BCUT2D eigenvalue weighted by molar-refractivity contribution is 7.91. The fourth-order valence-corrected chi connectivity index (χ4v) is 5.46. The van der Waals surface area contributed by atoms with Crippen molar-refractivity contribution in [2.24, 2.45) is 5.92 Å². The van der Waals surface area contributed by atoms with Gasteiger partial charge in [0.05, 0.1) is 10.9 Å². The SMILES string of the molecule is CS(=O)(=O)C1CCCC1(O)C1CCCCCC1. The van der Waals surface area contributed by atoms with Gasteiger partial charge in [-0.3, -0.25) is 0 Å². The zero-order valence-corrected chi connectivity index (χ0v) is 11.5. The van der Waals surface area contributed by atoms with E-state index >= 15 is 0 Å². The molecule has 3 nitrogen and oxygen atoms in total. The van der Waals surface area contributed by atoms with E-state index in [4.69, 9.17) is 0 Å². The second kappa shape index (κ2) is 4.88. The Hall–Kier alpha value is -0.0900. The molecule has 2 atom stereocenters. The van der Waals surface area contributed by atoms with Crippen molar-refractivity contribution < 1.29 is 13.5 Å². The van der Waals surface area contributed by atoms with Crippen LogP contribution in [0.4, 0.5) is 0 Å². The summed E-state index contributed by atoms with van der Waals surface area (Å²) in [5.41, 5.74) is -0.933. The van der Waals surface area contributed by atoms with Gasteiger partial charge >= 0.3 is 0 Å². The van der Waals surface area contributed by atoms with Gasteiger partial charge in [0.1, 0.15) is 0 Å². The summed E-state index contributed by atoms with van der Waals surface area (Å²) in [7, 11) is -3.12. The smallest absolute Gasteiger partial charge is 0.153 e. The lowest BCUT2D eigenvalue weighted by atomic mass is 9.80. The van der Waals surface area contributed by atoms with Crippen molar-refractivity contribution in [1.82, 2.24) is 0 Å². The van der Waals surface area contributed by atoms with Crippen molar-refractivity contribution in [2.45, 2.75) is 68.6 Å². The molecule has 0 aromatic heterocycles. The Kier molecular flexibility index (Phi) is 3.83. The van der Waals surface area contributed by atoms with Gasteiger partial charge in [0.15, 0.2) is 9.84 Å². The van der Waals surface area contributed by atoms with Crippen LogP contribution in [0.1, 0.15) is 57.8 Å². The number of sulfone groups is 1. The van der Waals surface area contributed by atoms with Crippen LogP contribution in [0.5, 0.6) is 0 Å². The second-order valence-corrected chi connectivity index (χ2v) is 8.12. The van der Waals surface area contributed by atoms with Gasteiger partial charge in [0, 0.05) is 6.26 Å². The van der Waals surface area contributed by atoms with E-state index in [1.165, 1.54) is 19.1 Å².